The minimum Gasteiger partial charge on any atom is -0.363 e. The van der Waals surface area contributed by atoms with Crippen molar-refractivity contribution in [2.75, 3.05) is 0 Å². The van der Waals surface area contributed by atoms with Gasteiger partial charge >= 0.3 is 0 Å². The van der Waals surface area contributed by atoms with E-state index in [2.05, 4.69) is 5.32 Å². The summed E-state index contributed by atoms with van der Waals surface area (Å²) in [6, 6.07) is 24.4. The molecule has 2 N–H and O–H groups in total. The number of hydrogen-bond donors (Lipinski definition) is 2. The van der Waals surface area contributed by atoms with Crippen LogP contribution < -0.4 is 5.32 Å². The molecule has 2 heterocycles. The first-order chi connectivity index (χ1) is 20.1. The Morgan fingerprint density at radius 2 is 1.60 bits per heavy atom. The van der Waals surface area contributed by atoms with Crippen molar-refractivity contribution < 1.29 is 19.5 Å². The van der Waals surface area contributed by atoms with Crippen molar-refractivity contribution in [2.45, 2.75) is 51.9 Å². The van der Waals surface area contributed by atoms with Crippen LogP contribution in [0, 0.1) is 5.92 Å². The van der Waals surface area contributed by atoms with Crippen LogP contribution in [-0.2, 0) is 26.5 Å². The number of aromatic nitrogens is 1. The molecule has 0 aliphatic carbocycles. The number of nitrogens with zero attached hydrogens (tertiary/aromatic N) is 3. The van der Waals surface area contributed by atoms with Crippen molar-refractivity contribution in [3.05, 3.63) is 107 Å². The van der Waals surface area contributed by atoms with Crippen LogP contribution in [-0.4, -0.2) is 49.7 Å². The topological polar surface area (TPSA) is 103 Å². The van der Waals surface area contributed by atoms with E-state index < -0.39 is 23.7 Å². The van der Waals surface area contributed by atoms with E-state index in [0.717, 1.165) is 10.3 Å². The quantitative estimate of drug-likeness (QED) is 0.288. The number of para-hydroxylation sites is 1. The van der Waals surface area contributed by atoms with Crippen LogP contribution in [0.25, 0.3) is 15.9 Å². The fourth-order valence-corrected chi connectivity index (χ4v) is 6.60. The highest BCUT2D eigenvalue weighted by Gasteiger charge is 2.51. The van der Waals surface area contributed by atoms with Gasteiger partial charge < -0.3 is 15.3 Å². The number of hydrogen-bond acceptors (Lipinski definition) is 6. The van der Waals surface area contributed by atoms with Crippen molar-refractivity contribution in [2.24, 2.45) is 5.92 Å². The minimum absolute atomic E-state index is 0.189. The molecule has 3 aromatic carbocycles. The van der Waals surface area contributed by atoms with E-state index in [1.165, 1.54) is 30.1 Å². The van der Waals surface area contributed by atoms with Gasteiger partial charge in [0.15, 0.2) is 0 Å². The van der Waals surface area contributed by atoms with E-state index in [1.54, 1.807) is 11.1 Å². The fourth-order valence-electron chi connectivity index (χ4n) is 5.54. The third kappa shape index (κ3) is 5.57. The highest BCUT2D eigenvalue weighted by atomic mass is 32.1. The number of carbonyl (C=O) groups is 3. The van der Waals surface area contributed by atoms with Gasteiger partial charge in [-0.2, -0.15) is 0 Å². The maximum atomic E-state index is 14.7. The fraction of sp³-hybridized carbons (Fsp3) is 0.273. The Hall–Kier alpha value is -4.34. The van der Waals surface area contributed by atoms with E-state index in [9.17, 15) is 19.5 Å². The second kappa shape index (κ2) is 11.9. The average molecular weight is 583 g/mol. The predicted octanol–water partition coefficient (Wildman–Crippen LogP) is 4.90. The van der Waals surface area contributed by atoms with Gasteiger partial charge in [-0.25, -0.2) is 4.98 Å². The van der Waals surface area contributed by atoms with Crippen molar-refractivity contribution in [1.82, 2.24) is 20.1 Å². The maximum absolute atomic E-state index is 14.7. The molecule has 1 aliphatic rings. The summed E-state index contributed by atoms with van der Waals surface area (Å²) in [6.07, 6.45) is 1.88. The lowest BCUT2D eigenvalue weighted by molar-refractivity contribution is -0.153. The Labute approximate surface area is 249 Å². The SMILES string of the molecule is CC(=O)NC(O)(c1nc2ccccc2s1)[C@H](Cc1ccccc1)N1C(=O)C(C(C)C)N(C(C)=O)C=C1c1ccccc1. The third-order valence-corrected chi connectivity index (χ3v) is 8.59. The smallest absolute Gasteiger partial charge is 0.250 e. The zero-order chi connectivity index (χ0) is 30.0. The Balaban J connectivity index is 1.79. The van der Waals surface area contributed by atoms with Crippen molar-refractivity contribution in [1.29, 1.82) is 0 Å². The van der Waals surface area contributed by atoms with Gasteiger partial charge in [-0.1, -0.05) is 86.6 Å². The Kier molecular flexibility index (Phi) is 8.24. The molecular weight excluding hydrogens is 548 g/mol. The highest BCUT2D eigenvalue weighted by Crippen LogP contribution is 2.40. The molecule has 42 heavy (non-hydrogen) atoms. The highest BCUT2D eigenvalue weighted by molar-refractivity contribution is 7.18. The molecule has 8 nitrogen and oxygen atoms in total. The van der Waals surface area contributed by atoms with E-state index in [4.69, 9.17) is 4.98 Å². The first kappa shape index (κ1) is 29.2. The van der Waals surface area contributed by atoms with Crippen LogP contribution in [0.4, 0.5) is 0 Å². The molecule has 1 aromatic heterocycles. The molecule has 4 aromatic rings. The van der Waals surface area contributed by atoms with Gasteiger partial charge in [-0.05, 0) is 35.6 Å². The lowest BCUT2D eigenvalue weighted by Crippen LogP contribution is -2.65. The monoisotopic (exact) mass is 582 g/mol. The van der Waals surface area contributed by atoms with Gasteiger partial charge in [0.05, 0.1) is 22.0 Å². The molecule has 216 valence electrons. The number of thiazole rings is 1. The molecule has 0 saturated heterocycles. The second-order valence-electron chi connectivity index (χ2n) is 10.8. The van der Waals surface area contributed by atoms with Crippen LogP contribution >= 0.6 is 11.3 Å². The Morgan fingerprint density at radius 3 is 2.19 bits per heavy atom. The summed E-state index contributed by atoms with van der Waals surface area (Å²) < 4.78 is 0.835. The first-order valence-electron chi connectivity index (χ1n) is 13.9. The van der Waals surface area contributed by atoms with Crippen LogP contribution in [0.1, 0.15) is 43.8 Å². The lowest BCUT2D eigenvalue weighted by Gasteiger charge is -2.48. The van der Waals surface area contributed by atoms with Crippen LogP contribution in [0.5, 0.6) is 0 Å². The minimum atomic E-state index is -2.07. The number of fused-ring (bicyclic) bond motifs is 1. The standard InChI is InChI=1S/C33H34N4O4S/c1-21(2)30-31(40)37(27(20-36(30)23(4)39)25-15-9-6-10-16-25)29(19-24-13-7-5-8-14-24)33(41,35-22(3)38)32-34-26-17-11-12-18-28(26)42-32/h5-18,20-21,29-30,41H,19H2,1-4H3,(H,35,38)/t29-,30?,33?/m0/s1. The van der Waals surface area contributed by atoms with Crippen LogP contribution in [0.3, 0.4) is 0 Å². The number of aliphatic hydroxyl groups is 1. The summed E-state index contributed by atoms with van der Waals surface area (Å²) in [6.45, 7) is 6.54. The van der Waals surface area contributed by atoms with Gasteiger partial charge in [-0.3, -0.25) is 19.3 Å². The molecule has 9 heteroatoms. The summed E-state index contributed by atoms with van der Waals surface area (Å²) in [5, 5.41) is 15.8. The van der Waals surface area contributed by atoms with Gasteiger partial charge in [0.1, 0.15) is 11.0 Å². The predicted molar refractivity (Wildman–Crippen MR) is 164 cm³/mol. The average Bonchev–Trinajstić information content (AvgIpc) is 3.41. The molecular formula is C33H34N4O4S. The molecule has 2 unspecified atom stereocenters. The molecule has 0 spiro atoms. The molecule has 1 aliphatic heterocycles. The Morgan fingerprint density at radius 1 is 0.976 bits per heavy atom. The Bertz CT molecular complexity index is 1600. The molecule has 3 atom stereocenters. The summed E-state index contributed by atoms with van der Waals surface area (Å²) in [7, 11) is 0. The number of rotatable bonds is 8. The van der Waals surface area contributed by atoms with E-state index in [0.29, 0.717) is 16.8 Å². The zero-order valence-corrected chi connectivity index (χ0v) is 24.8. The summed E-state index contributed by atoms with van der Waals surface area (Å²) in [5.41, 5.74) is 0.578. The van der Waals surface area contributed by atoms with Crippen LogP contribution in [0.15, 0.2) is 91.1 Å². The zero-order valence-electron chi connectivity index (χ0n) is 24.0. The van der Waals surface area contributed by atoms with E-state index >= 15 is 0 Å². The number of carbonyl (C=O) groups excluding carboxylic acids is 3. The lowest BCUT2D eigenvalue weighted by atomic mass is 9.89. The molecule has 0 radical (unpaired) electrons. The van der Waals surface area contributed by atoms with Crippen molar-refractivity contribution >= 4 is 45.0 Å². The second-order valence-corrected chi connectivity index (χ2v) is 11.9. The molecule has 0 fully saturated rings. The summed E-state index contributed by atoms with van der Waals surface area (Å²) >= 11 is 1.26. The van der Waals surface area contributed by atoms with Gasteiger partial charge in [-0.15, -0.1) is 11.3 Å². The number of benzene rings is 3. The van der Waals surface area contributed by atoms with Crippen LogP contribution in [0.2, 0.25) is 0 Å². The van der Waals surface area contributed by atoms with E-state index in [1.807, 2.05) is 98.8 Å². The van der Waals surface area contributed by atoms with Gasteiger partial charge in [0, 0.05) is 20.0 Å². The molecule has 5 rings (SSSR count). The van der Waals surface area contributed by atoms with Gasteiger partial charge in [0.2, 0.25) is 17.5 Å². The molecule has 0 saturated carbocycles. The maximum Gasteiger partial charge on any atom is 0.250 e. The first-order valence-corrected chi connectivity index (χ1v) is 14.7. The molecule has 3 amide bonds. The largest absolute Gasteiger partial charge is 0.363 e. The van der Waals surface area contributed by atoms with E-state index in [-0.39, 0.29) is 29.2 Å². The van der Waals surface area contributed by atoms with Crippen molar-refractivity contribution in [3.63, 3.8) is 0 Å². The third-order valence-electron chi connectivity index (χ3n) is 7.43. The number of nitrogens with one attached hydrogen (secondary N) is 1. The number of amides is 3. The summed E-state index contributed by atoms with van der Waals surface area (Å²) in [5.74, 6) is -1.33. The van der Waals surface area contributed by atoms with Gasteiger partial charge in [0.25, 0.3) is 5.91 Å². The normalized spacial score (nSPS) is 17.6. The molecule has 0 bridgehead atoms. The van der Waals surface area contributed by atoms with Crippen molar-refractivity contribution in [3.8, 4) is 0 Å². The summed E-state index contributed by atoms with van der Waals surface area (Å²) in [4.78, 5) is 48.1.